The van der Waals surface area contributed by atoms with Gasteiger partial charge in [-0.2, -0.15) is 0 Å². The van der Waals surface area contributed by atoms with Crippen molar-refractivity contribution in [1.29, 1.82) is 0 Å². The van der Waals surface area contributed by atoms with Crippen LogP contribution in [0.5, 0.6) is 0 Å². The van der Waals surface area contributed by atoms with Crippen LogP contribution in [0.3, 0.4) is 0 Å². The predicted octanol–water partition coefficient (Wildman–Crippen LogP) is -2.18. The van der Waals surface area contributed by atoms with Crippen LogP contribution in [0.15, 0.2) is 0 Å². The Labute approximate surface area is 85.0 Å². The van der Waals surface area contributed by atoms with Gasteiger partial charge in [0.1, 0.15) is 6.04 Å². The SMILES string of the molecule is CNC(=O)C1SCC(C(N)=O)NC1=O. The van der Waals surface area contributed by atoms with Gasteiger partial charge in [-0.15, -0.1) is 11.8 Å². The zero-order valence-corrected chi connectivity index (χ0v) is 8.39. The molecule has 2 unspecified atom stereocenters. The molecule has 4 N–H and O–H groups in total. The molecule has 1 saturated heterocycles. The van der Waals surface area contributed by atoms with Gasteiger partial charge in [0.2, 0.25) is 17.7 Å². The molecule has 78 valence electrons. The summed E-state index contributed by atoms with van der Waals surface area (Å²) < 4.78 is 0. The first kappa shape index (κ1) is 10.8. The van der Waals surface area contributed by atoms with E-state index >= 15 is 0 Å². The standard InChI is InChI=1S/C7H11N3O3S/c1-9-6(12)4-7(13)10-3(2-14-4)5(8)11/h3-4H,2H2,1H3,(H2,8,11)(H,9,12)(H,10,13). The average molecular weight is 217 g/mol. The minimum atomic E-state index is -0.782. The molecule has 7 heteroatoms. The third-order valence-electron chi connectivity index (χ3n) is 1.81. The number of amides is 3. The molecule has 0 aliphatic carbocycles. The lowest BCUT2D eigenvalue weighted by molar-refractivity contribution is -0.131. The highest BCUT2D eigenvalue weighted by Crippen LogP contribution is 2.17. The zero-order chi connectivity index (χ0) is 10.7. The van der Waals surface area contributed by atoms with E-state index in [0.717, 1.165) is 11.8 Å². The van der Waals surface area contributed by atoms with Crippen LogP contribution in [0.4, 0.5) is 0 Å². The van der Waals surface area contributed by atoms with Crippen LogP contribution in [-0.2, 0) is 14.4 Å². The van der Waals surface area contributed by atoms with Crippen molar-refractivity contribution < 1.29 is 14.4 Å². The monoisotopic (exact) mass is 217 g/mol. The lowest BCUT2D eigenvalue weighted by Crippen LogP contribution is -2.56. The van der Waals surface area contributed by atoms with E-state index < -0.39 is 23.1 Å². The summed E-state index contributed by atoms with van der Waals surface area (Å²) in [6.07, 6.45) is 0. The predicted molar refractivity (Wildman–Crippen MR) is 51.4 cm³/mol. The molecule has 1 rings (SSSR count). The smallest absolute Gasteiger partial charge is 0.243 e. The Morgan fingerprint density at radius 1 is 1.64 bits per heavy atom. The lowest BCUT2D eigenvalue weighted by atomic mass is 10.2. The van der Waals surface area contributed by atoms with E-state index in [0.29, 0.717) is 5.75 Å². The summed E-state index contributed by atoms with van der Waals surface area (Å²) in [7, 11) is 1.45. The molecule has 3 amide bonds. The Morgan fingerprint density at radius 2 is 2.29 bits per heavy atom. The van der Waals surface area contributed by atoms with E-state index in [4.69, 9.17) is 5.73 Å². The number of carbonyl (C=O) groups is 3. The summed E-state index contributed by atoms with van der Waals surface area (Å²) in [5.41, 5.74) is 5.02. The summed E-state index contributed by atoms with van der Waals surface area (Å²) in [6.45, 7) is 0. The topological polar surface area (TPSA) is 101 Å². The molecule has 0 aromatic heterocycles. The molecule has 14 heavy (non-hydrogen) atoms. The van der Waals surface area contributed by atoms with E-state index in [1.54, 1.807) is 0 Å². The van der Waals surface area contributed by atoms with Crippen molar-refractivity contribution in [2.45, 2.75) is 11.3 Å². The molecular weight excluding hydrogens is 206 g/mol. The second kappa shape index (κ2) is 4.32. The molecular formula is C7H11N3O3S. The lowest BCUT2D eigenvalue weighted by Gasteiger charge is -2.25. The first-order valence-corrected chi connectivity index (χ1v) is 5.04. The minimum absolute atomic E-state index is 0.332. The average Bonchev–Trinajstić information content (AvgIpc) is 2.16. The van der Waals surface area contributed by atoms with Crippen molar-refractivity contribution in [3.05, 3.63) is 0 Å². The normalized spacial score (nSPS) is 26.5. The molecule has 2 atom stereocenters. The molecule has 1 aliphatic heterocycles. The van der Waals surface area contributed by atoms with Crippen LogP contribution in [0, 0.1) is 0 Å². The Balaban J connectivity index is 2.61. The molecule has 6 nitrogen and oxygen atoms in total. The van der Waals surface area contributed by atoms with Crippen molar-refractivity contribution >= 4 is 29.5 Å². The highest BCUT2D eigenvalue weighted by molar-refractivity contribution is 8.01. The van der Waals surface area contributed by atoms with Gasteiger partial charge >= 0.3 is 0 Å². The van der Waals surface area contributed by atoms with Crippen LogP contribution in [-0.4, -0.2) is 41.8 Å². The Kier molecular flexibility index (Phi) is 3.34. The second-order valence-corrected chi connectivity index (χ2v) is 3.93. The largest absolute Gasteiger partial charge is 0.368 e. The van der Waals surface area contributed by atoms with Gasteiger partial charge in [-0.1, -0.05) is 0 Å². The minimum Gasteiger partial charge on any atom is -0.368 e. The van der Waals surface area contributed by atoms with Crippen LogP contribution >= 0.6 is 11.8 Å². The summed E-state index contributed by atoms with van der Waals surface area (Å²) >= 11 is 1.12. The molecule has 0 aromatic carbocycles. The van der Waals surface area contributed by atoms with Crippen molar-refractivity contribution in [3.63, 3.8) is 0 Å². The molecule has 0 spiro atoms. The summed E-state index contributed by atoms with van der Waals surface area (Å²) in [6, 6.07) is -0.673. The number of nitrogens with two attached hydrogens (primary N) is 1. The molecule has 0 bridgehead atoms. The number of carbonyl (C=O) groups excluding carboxylic acids is 3. The maximum atomic E-state index is 11.3. The van der Waals surface area contributed by atoms with Gasteiger partial charge in [-0.3, -0.25) is 14.4 Å². The zero-order valence-electron chi connectivity index (χ0n) is 7.57. The number of hydrogen-bond donors (Lipinski definition) is 3. The number of primary amides is 1. The van der Waals surface area contributed by atoms with E-state index in [2.05, 4.69) is 10.6 Å². The fourth-order valence-electron chi connectivity index (χ4n) is 1.04. The number of hydrogen-bond acceptors (Lipinski definition) is 4. The van der Waals surface area contributed by atoms with E-state index in [9.17, 15) is 14.4 Å². The number of rotatable bonds is 2. The number of thioether (sulfide) groups is 1. The van der Waals surface area contributed by atoms with E-state index in [-0.39, 0.29) is 5.91 Å². The Morgan fingerprint density at radius 3 is 2.71 bits per heavy atom. The van der Waals surface area contributed by atoms with Crippen LogP contribution in [0.25, 0.3) is 0 Å². The van der Waals surface area contributed by atoms with E-state index in [1.807, 2.05) is 0 Å². The molecule has 1 fully saturated rings. The van der Waals surface area contributed by atoms with Crippen molar-refractivity contribution in [3.8, 4) is 0 Å². The third kappa shape index (κ3) is 2.16. The first-order valence-electron chi connectivity index (χ1n) is 3.99. The maximum absolute atomic E-state index is 11.3. The summed E-state index contributed by atoms with van der Waals surface area (Å²) in [5, 5.41) is 3.98. The fraction of sp³-hybridized carbons (Fsp3) is 0.571. The number of nitrogens with one attached hydrogen (secondary N) is 2. The highest BCUT2D eigenvalue weighted by atomic mass is 32.2. The van der Waals surface area contributed by atoms with Gasteiger partial charge in [0.15, 0.2) is 5.25 Å². The van der Waals surface area contributed by atoms with Gasteiger partial charge in [0.25, 0.3) is 0 Å². The molecule has 0 saturated carbocycles. The quantitative estimate of drug-likeness (QED) is 0.458. The van der Waals surface area contributed by atoms with Gasteiger partial charge in [-0.05, 0) is 0 Å². The molecule has 1 aliphatic rings. The Bertz CT molecular complexity index is 281. The maximum Gasteiger partial charge on any atom is 0.243 e. The highest BCUT2D eigenvalue weighted by Gasteiger charge is 2.35. The molecule has 1 heterocycles. The van der Waals surface area contributed by atoms with Crippen LogP contribution in [0.1, 0.15) is 0 Å². The first-order chi connectivity index (χ1) is 6.56. The van der Waals surface area contributed by atoms with Crippen molar-refractivity contribution in [2.75, 3.05) is 12.8 Å². The van der Waals surface area contributed by atoms with Gasteiger partial charge in [-0.25, -0.2) is 0 Å². The van der Waals surface area contributed by atoms with Gasteiger partial charge in [0, 0.05) is 12.8 Å². The van der Waals surface area contributed by atoms with Crippen LogP contribution < -0.4 is 16.4 Å². The van der Waals surface area contributed by atoms with Crippen molar-refractivity contribution in [1.82, 2.24) is 10.6 Å². The third-order valence-corrected chi connectivity index (χ3v) is 3.10. The fourth-order valence-corrected chi connectivity index (χ4v) is 2.16. The molecule has 0 aromatic rings. The Hall–Kier alpha value is -1.24. The van der Waals surface area contributed by atoms with E-state index in [1.165, 1.54) is 7.05 Å². The summed E-state index contributed by atoms with van der Waals surface area (Å²) in [5.74, 6) is -1.08. The second-order valence-electron chi connectivity index (χ2n) is 2.79. The molecule has 0 radical (unpaired) electrons. The van der Waals surface area contributed by atoms with Crippen molar-refractivity contribution in [2.24, 2.45) is 5.73 Å². The summed E-state index contributed by atoms with van der Waals surface area (Å²) in [4.78, 5) is 33.2. The van der Waals surface area contributed by atoms with Gasteiger partial charge in [0.05, 0.1) is 0 Å². The van der Waals surface area contributed by atoms with Crippen LogP contribution in [0.2, 0.25) is 0 Å². The van der Waals surface area contributed by atoms with Gasteiger partial charge < -0.3 is 16.4 Å².